The second-order valence-corrected chi connectivity index (χ2v) is 7.17. The molecular weight excluding hydrogens is 340 g/mol. The third-order valence-electron chi connectivity index (χ3n) is 4.94. The zero-order valence-electron chi connectivity index (χ0n) is 15.9. The summed E-state index contributed by atoms with van der Waals surface area (Å²) in [6, 6.07) is 14.5. The number of piperidine rings is 1. The predicted molar refractivity (Wildman–Crippen MR) is 106 cm³/mol. The third-order valence-corrected chi connectivity index (χ3v) is 4.94. The number of esters is 1. The second-order valence-electron chi connectivity index (χ2n) is 7.17. The van der Waals surface area contributed by atoms with Gasteiger partial charge in [0.05, 0.1) is 18.4 Å². The van der Waals surface area contributed by atoms with Crippen LogP contribution < -0.4 is 5.32 Å². The van der Waals surface area contributed by atoms with Gasteiger partial charge in [-0.1, -0.05) is 31.2 Å². The fraction of sp³-hybridized carbons (Fsp3) is 0.364. The Bertz CT molecular complexity index is 801. The Balaban J connectivity index is 1.65. The van der Waals surface area contributed by atoms with E-state index in [2.05, 4.69) is 17.1 Å². The first kappa shape index (κ1) is 19.1. The molecule has 0 aliphatic carbocycles. The van der Waals surface area contributed by atoms with Crippen LogP contribution in [-0.2, 0) is 11.3 Å². The van der Waals surface area contributed by atoms with E-state index < -0.39 is 5.97 Å². The summed E-state index contributed by atoms with van der Waals surface area (Å²) >= 11 is 0. The first-order valence-corrected chi connectivity index (χ1v) is 9.37. The van der Waals surface area contributed by atoms with Crippen molar-refractivity contribution < 1.29 is 14.3 Å². The highest BCUT2D eigenvalue weighted by Gasteiger charge is 2.17. The number of carbonyl (C=O) groups excluding carboxylic acids is 2. The number of rotatable bonds is 5. The Morgan fingerprint density at radius 1 is 1.15 bits per heavy atom. The Morgan fingerprint density at radius 2 is 1.89 bits per heavy atom. The maximum atomic E-state index is 12.5. The molecule has 2 aromatic rings. The fourth-order valence-corrected chi connectivity index (χ4v) is 3.52. The average molecular weight is 366 g/mol. The van der Waals surface area contributed by atoms with E-state index in [0.717, 1.165) is 25.6 Å². The summed E-state index contributed by atoms with van der Waals surface area (Å²) in [4.78, 5) is 26.8. The lowest BCUT2D eigenvalue weighted by atomic mass is 9.99. The number of likely N-dealkylation sites (tertiary alicyclic amines) is 1. The normalized spacial score (nSPS) is 17.3. The Morgan fingerprint density at radius 3 is 2.59 bits per heavy atom. The second kappa shape index (κ2) is 8.82. The van der Waals surface area contributed by atoms with Gasteiger partial charge in [0.25, 0.3) is 5.91 Å². The molecule has 2 aromatic carbocycles. The summed E-state index contributed by atoms with van der Waals surface area (Å²) in [7, 11) is 1.32. The van der Waals surface area contributed by atoms with Crippen molar-refractivity contribution in [3.63, 3.8) is 0 Å². The molecule has 0 spiro atoms. The molecule has 27 heavy (non-hydrogen) atoms. The van der Waals surface area contributed by atoms with Crippen molar-refractivity contribution >= 4 is 17.6 Å². The standard InChI is InChI=1S/C22H26N2O3/c1-16-6-5-13-24(14-16)15-17-9-11-18(12-10-17)21(25)23-20-8-4-3-7-19(20)22(26)27-2/h3-4,7-12,16H,5-6,13-15H2,1-2H3,(H,23,25)/t16-/m1/s1. The first-order valence-electron chi connectivity index (χ1n) is 9.37. The number of methoxy groups -OCH3 is 1. The molecule has 1 amide bonds. The van der Waals surface area contributed by atoms with Crippen LogP contribution in [0.4, 0.5) is 5.69 Å². The number of para-hydroxylation sites is 1. The molecule has 1 aliphatic rings. The first-order chi connectivity index (χ1) is 13.1. The van der Waals surface area contributed by atoms with E-state index >= 15 is 0 Å². The number of hydrogen-bond acceptors (Lipinski definition) is 4. The Hall–Kier alpha value is -2.66. The van der Waals surface area contributed by atoms with Gasteiger partial charge in [0.1, 0.15) is 0 Å². The van der Waals surface area contributed by atoms with Crippen LogP contribution >= 0.6 is 0 Å². The number of nitrogens with one attached hydrogen (secondary N) is 1. The SMILES string of the molecule is COC(=O)c1ccccc1NC(=O)c1ccc(CN2CCC[C@@H](C)C2)cc1. The van der Waals surface area contributed by atoms with E-state index in [-0.39, 0.29) is 5.91 Å². The molecule has 1 saturated heterocycles. The minimum atomic E-state index is -0.475. The molecule has 142 valence electrons. The van der Waals surface area contributed by atoms with Crippen molar-refractivity contribution in [2.45, 2.75) is 26.3 Å². The summed E-state index contributed by atoms with van der Waals surface area (Å²) in [5, 5.41) is 2.80. The minimum absolute atomic E-state index is 0.246. The van der Waals surface area contributed by atoms with Crippen molar-refractivity contribution in [3.8, 4) is 0 Å². The van der Waals surface area contributed by atoms with Gasteiger partial charge in [-0.3, -0.25) is 9.69 Å². The fourth-order valence-electron chi connectivity index (χ4n) is 3.52. The molecule has 1 fully saturated rings. The smallest absolute Gasteiger partial charge is 0.339 e. The van der Waals surface area contributed by atoms with Gasteiger partial charge in [-0.2, -0.15) is 0 Å². The Kier molecular flexibility index (Phi) is 6.24. The molecule has 5 nitrogen and oxygen atoms in total. The molecule has 0 saturated carbocycles. The summed E-state index contributed by atoms with van der Waals surface area (Å²) in [6.07, 6.45) is 2.56. The zero-order valence-corrected chi connectivity index (χ0v) is 15.9. The quantitative estimate of drug-likeness (QED) is 0.814. The summed E-state index contributed by atoms with van der Waals surface area (Å²) < 4.78 is 4.76. The molecule has 0 bridgehead atoms. The van der Waals surface area contributed by atoms with Crippen LogP contribution in [0.15, 0.2) is 48.5 Å². The lowest BCUT2D eigenvalue weighted by Crippen LogP contribution is -2.33. The lowest BCUT2D eigenvalue weighted by Gasteiger charge is -2.30. The monoisotopic (exact) mass is 366 g/mol. The highest BCUT2D eigenvalue weighted by Crippen LogP contribution is 2.19. The minimum Gasteiger partial charge on any atom is -0.465 e. The molecule has 0 aromatic heterocycles. The molecule has 0 radical (unpaired) electrons. The van der Waals surface area contributed by atoms with Crippen LogP contribution in [-0.4, -0.2) is 37.0 Å². The number of carbonyl (C=O) groups is 2. The highest BCUT2D eigenvalue weighted by molar-refractivity contribution is 6.07. The van der Waals surface area contributed by atoms with E-state index in [1.165, 1.54) is 25.5 Å². The van der Waals surface area contributed by atoms with Crippen LogP contribution in [0.25, 0.3) is 0 Å². The largest absolute Gasteiger partial charge is 0.465 e. The molecule has 0 unspecified atom stereocenters. The van der Waals surface area contributed by atoms with Gasteiger partial charge >= 0.3 is 5.97 Å². The van der Waals surface area contributed by atoms with Crippen molar-refractivity contribution in [1.29, 1.82) is 0 Å². The number of ether oxygens (including phenoxy) is 1. The average Bonchev–Trinajstić information content (AvgIpc) is 2.68. The zero-order chi connectivity index (χ0) is 19.2. The van der Waals surface area contributed by atoms with Gasteiger partial charge in [-0.25, -0.2) is 4.79 Å². The summed E-state index contributed by atoms with van der Waals surface area (Å²) in [6.45, 7) is 5.48. The van der Waals surface area contributed by atoms with Gasteiger partial charge in [0.15, 0.2) is 0 Å². The van der Waals surface area contributed by atoms with Crippen molar-refractivity contribution in [1.82, 2.24) is 4.90 Å². The lowest BCUT2D eigenvalue weighted by molar-refractivity contribution is 0.0602. The highest BCUT2D eigenvalue weighted by atomic mass is 16.5. The molecule has 1 atom stereocenters. The topological polar surface area (TPSA) is 58.6 Å². The molecular formula is C22H26N2O3. The van der Waals surface area contributed by atoms with Gasteiger partial charge in [-0.15, -0.1) is 0 Å². The van der Waals surface area contributed by atoms with Gasteiger partial charge in [0, 0.05) is 18.7 Å². The molecule has 1 N–H and O–H groups in total. The molecule has 3 rings (SSSR count). The number of benzene rings is 2. The van der Waals surface area contributed by atoms with E-state index in [1.807, 2.05) is 24.3 Å². The number of nitrogens with zero attached hydrogens (tertiary/aromatic N) is 1. The van der Waals surface area contributed by atoms with E-state index in [9.17, 15) is 9.59 Å². The van der Waals surface area contributed by atoms with Gasteiger partial charge in [-0.05, 0) is 55.1 Å². The van der Waals surface area contributed by atoms with Crippen LogP contribution in [0, 0.1) is 5.92 Å². The summed E-state index contributed by atoms with van der Waals surface area (Å²) in [5.41, 5.74) is 2.55. The van der Waals surface area contributed by atoms with Crippen molar-refractivity contribution in [2.24, 2.45) is 5.92 Å². The molecule has 1 aliphatic heterocycles. The maximum absolute atomic E-state index is 12.5. The van der Waals surface area contributed by atoms with Gasteiger partial charge < -0.3 is 10.1 Å². The number of amides is 1. The molecule has 1 heterocycles. The van der Waals surface area contributed by atoms with E-state index in [1.54, 1.807) is 24.3 Å². The number of hydrogen-bond donors (Lipinski definition) is 1. The van der Waals surface area contributed by atoms with Crippen LogP contribution in [0.5, 0.6) is 0 Å². The predicted octanol–water partition coefficient (Wildman–Crippen LogP) is 3.96. The van der Waals surface area contributed by atoms with E-state index in [0.29, 0.717) is 16.8 Å². The van der Waals surface area contributed by atoms with Crippen molar-refractivity contribution in [3.05, 3.63) is 65.2 Å². The van der Waals surface area contributed by atoms with E-state index in [4.69, 9.17) is 4.74 Å². The maximum Gasteiger partial charge on any atom is 0.339 e. The van der Waals surface area contributed by atoms with Gasteiger partial charge in [0.2, 0.25) is 0 Å². The Labute approximate surface area is 160 Å². The van der Waals surface area contributed by atoms with Crippen LogP contribution in [0.3, 0.4) is 0 Å². The summed E-state index contributed by atoms with van der Waals surface area (Å²) in [5.74, 6) is 0.0279. The molecule has 5 heteroatoms. The number of anilines is 1. The third kappa shape index (κ3) is 4.95. The van der Waals surface area contributed by atoms with Crippen LogP contribution in [0.2, 0.25) is 0 Å². The van der Waals surface area contributed by atoms with Crippen LogP contribution in [0.1, 0.15) is 46.0 Å². The van der Waals surface area contributed by atoms with Crippen molar-refractivity contribution in [2.75, 3.05) is 25.5 Å².